The minimum Gasteiger partial charge on any atom is -0.380 e. The van der Waals surface area contributed by atoms with E-state index >= 15 is 0 Å². The fourth-order valence-electron chi connectivity index (χ4n) is 2.24. The van der Waals surface area contributed by atoms with Gasteiger partial charge in [0.25, 0.3) is 5.56 Å². The summed E-state index contributed by atoms with van der Waals surface area (Å²) in [5.41, 5.74) is 0.764. The molecule has 1 saturated heterocycles. The molecule has 0 amide bonds. The number of rotatable bonds is 7. The van der Waals surface area contributed by atoms with Crippen molar-refractivity contribution in [3.05, 3.63) is 22.6 Å². The van der Waals surface area contributed by atoms with Gasteiger partial charge in [0.2, 0.25) is 0 Å². The second kappa shape index (κ2) is 7.66. The second-order valence-corrected chi connectivity index (χ2v) is 5.15. The van der Waals surface area contributed by atoms with Gasteiger partial charge in [-0.25, -0.2) is 4.68 Å². The molecule has 0 radical (unpaired) electrons. The van der Waals surface area contributed by atoms with Gasteiger partial charge in [0.15, 0.2) is 0 Å². The summed E-state index contributed by atoms with van der Waals surface area (Å²) in [6, 6.07) is 1.63. The summed E-state index contributed by atoms with van der Waals surface area (Å²) < 4.78 is 12.0. The van der Waals surface area contributed by atoms with Crippen LogP contribution in [0.1, 0.15) is 6.42 Å². The van der Waals surface area contributed by atoms with Crippen LogP contribution in [0.15, 0.2) is 17.1 Å². The van der Waals surface area contributed by atoms with Gasteiger partial charge in [0.05, 0.1) is 37.7 Å². The summed E-state index contributed by atoms with van der Waals surface area (Å²) in [7, 11) is 1.72. The average molecular weight is 299 g/mol. The van der Waals surface area contributed by atoms with Crippen LogP contribution < -0.4 is 10.5 Å². The van der Waals surface area contributed by atoms with E-state index in [2.05, 4.69) is 22.6 Å². The molecule has 1 unspecified atom stereocenters. The van der Waals surface area contributed by atoms with Gasteiger partial charge in [-0.1, -0.05) is 0 Å². The first-order valence-corrected chi connectivity index (χ1v) is 7.41. The zero-order valence-corrected chi connectivity index (χ0v) is 12.6. The van der Waals surface area contributed by atoms with Crippen molar-refractivity contribution in [3.8, 4) is 0 Å². The van der Waals surface area contributed by atoms with Crippen molar-refractivity contribution in [2.24, 2.45) is 0 Å². The topological polar surface area (TPSA) is 56.6 Å². The zero-order valence-electron chi connectivity index (χ0n) is 11.7. The number of nitrogens with zero attached hydrogens (tertiary/aromatic N) is 3. The van der Waals surface area contributed by atoms with Crippen LogP contribution in [0.3, 0.4) is 0 Å². The van der Waals surface area contributed by atoms with Gasteiger partial charge < -0.3 is 14.4 Å². The Bertz CT molecular complexity index is 480. The van der Waals surface area contributed by atoms with Crippen molar-refractivity contribution in [1.82, 2.24) is 9.78 Å². The molecule has 1 aromatic rings. The molecule has 1 aromatic heterocycles. The molecule has 0 N–H and O–H groups in total. The predicted octanol–water partition coefficient (Wildman–Crippen LogP) is 0.415. The van der Waals surface area contributed by atoms with E-state index in [0.29, 0.717) is 25.5 Å². The highest BCUT2D eigenvalue weighted by Gasteiger charge is 2.22. The molecule has 0 saturated carbocycles. The molecule has 0 aromatic carbocycles. The van der Waals surface area contributed by atoms with Crippen LogP contribution >= 0.6 is 12.6 Å². The first kappa shape index (κ1) is 15.3. The Morgan fingerprint density at radius 1 is 1.50 bits per heavy atom. The van der Waals surface area contributed by atoms with Gasteiger partial charge in [0, 0.05) is 32.0 Å². The van der Waals surface area contributed by atoms with Crippen molar-refractivity contribution in [2.75, 3.05) is 44.1 Å². The van der Waals surface area contributed by atoms with Gasteiger partial charge in [-0.15, -0.1) is 0 Å². The maximum atomic E-state index is 12.0. The Hall–Kier alpha value is -1.05. The van der Waals surface area contributed by atoms with Crippen molar-refractivity contribution in [3.63, 3.8) is 0 Å². The van der Waals surface area contributed by atoms with E-state index in [1.807, 2.05) is 0 Å². The highest BCUT2D eigenvalue weighted by molar-refractivity contribution is 7.80. The zero-order chi connectivity index (χ0) is 14.4. The lowest BCUT2D eigenvalue weighted by molar-refractivity contribution is 0.121. The second-order valence-electron chi connectivity index (χ2n) is 4.70. The lowest BCUT2D eigenvalue weighted by atomic mass is 10.3. The number of thiol groups is 1. The monoisotopic (exact) mass is 299 g/mol. The van der Waals surface area contributed by atoms with E-state index < -0.39 is 0 Å². The van der Waals surface area contributed by atoms with Crippen LogP contribution in [-0.4, -0.2) is 55.1 Å². The summed E-state index contributed by atoms with van der Waals surface area (Å²) in [5, 5.41) is 4.19. The Morgan fingerprint density at radius 3 is 3.00 bits per heavy atom. The van der Waals surface area contributed by atoms with Crippen LogP contribution in [-0.2, 0) is 16.0 Å². The third-order valence-electron chi connectivity index (χ3n) is 3.38. The van der Waals surface area contributed by atoms with Crippen molar-refractivity contribution in [1.29, 1.82) is 0 Å². The molecule has 6 nitrogen and oxygen atoms in total. The van der Waals surface area contributed by atoms with Crippen LogP contribution in [0.2, 0.25) is 0 Å². The lowest BCUT2D eigenvalue weighted by Crippen LogP contribution is -2.28. The first-order chi connectivity index (χ1) is 9.74. The van der Waals surface area contributed by atoms with Gasteiger partial charge in [-0.2, -0.15) is 17.7 Å². The Kier molecular flexibility index (Phi) is 5.87. The summed E-state index contributed by atoms with van der Waals surface area (Å²) in [6.07, 6.45) is 2.96. The smallest absolute Gasteiger partial charge is 0.268 e. The van der Waals surface area contributed by atoms with E-state index in [1.165, 1.54) is 4.68 Å². The third kappa shape index (κ3) is 3.97. The van der Waals surface area contributed by atoms with E-state index in [9.17, 15) is 4.79 Å². The SMILES string of the molecule is COC1CCN(c2cnn(CCOCCS)c(=O)c2)C1. The molecule has 1 aliphatic heterocycles. The van der Waals surface area contributed by atoms with E-state index in [1.54, 1.807) is 19.4 Å². The predicted molar refractivity (Wildman–Crippen MR) is 80.8 cm³/mol. The van der Waals surface area contributed by atoms with Gasteiger partial charge in [-0.3, -0.25) is 4.79 Å². The van der Waals surface area contributed by atoms with Crippen LogP contribution in [0.4, 0.5) is 5.69 Å². The van der Waals surface area contributed by atoms with E-state index in [-0.39, 0.29) is 11.7 Å². The number of methoxy groups -OCH3 is 1. The highest BCUT2D eigenvalue weighted by Crippen LogP contribution is 2.19. The number of ether oxygens (including phenoxy) is 2. The summed E-state index contributed by atoms with van der Waals surface area (Å²) in [6.45, 7) is 3.24. The van der Waals surface area contributed by atoms with Crippen molar-refractivity contribution in [2.45, 2.75) is 19.1 Å². The first-order valence-electron chi connectivity index (χ1n) is 6.78. The summed E-state index contributed by atoms with van der Waals surface area (Å²) >= 11 is 4.05. The van der Waals surface area contributed by atoms with Crippen molar-refractivity contribution >= 4 is 18.3 Å². The van der Waals surface area contributed by atoms with Gasteiger partial charge in [-0.05, 0) is 6.42 Å². The fourth-order valence-corrected chi connectivity index (χ4v) is 2.37. The maximum absolute atomic E-state index is 12.0. The maximum Gasteiger partial charge on any atom is 0.268 e. The molecule has 0 bridgehead atoms. The minimum absolute atomic E-state index is 0.0992. The summed E-state index contributed by atoms with van der Waals surface area (Å²) in [5.74, 6) is 0.677. The molecule has 7 heteroatoms. The molecule has 20 heavy (non-hydrogen) atoms. The molecule has 112 valence electrons. The molecule has 1 atom stereocenters. The third-order valence-corrected chi connectivity index (χ3v) is 3.56. The van der Waals surface area contributed by atoms with Gasteiger partial charge >= 0.3 is 0 Å². The highest BCUT2D eigenvalue weighted by atomic mass is 32.1. The minimum atomic E-state index is -0.0992. The quantitative estimate of drug-likeness (QED) is 0.584. The number of anilines is 1. The number of hydrogen-bond acceptors (Lipinski definition) is 6. The Balaban J connectivity index is 1.94. The van der Waals surface area contributed by atoms with Crippen molar-refractivity contribution < 1.29 is 9.47 Å². The van der Waals surface area contributed by atoms with Gasteiger partial charge in [0.1, 0.15) is 0 Å². The van der Waals surface area contributed by atoms with E-state index in [0.717, 1.165) is 25.2 Å². The molecular weight excluding hydrogens is 278 g/mol. The average Bonchev–Trinajstić information content (AvgIpc) is 2.94. The summed E-state index contributed by atoms with van der Waals surface area (Å²) in [4.78, 5) is 14.1. The number of hydrogen-bond donors (Lipinski definition) is 1. The normalized spacial score (nSPS) is 18.7. The molecule has 1 aliphatic rings. The number of aromatic nitrogens is 2. The van der Waals surface area contributed by atoms with Crippen LogP contribution in [0.25, 0.3) is 0 Å². The van der Waals surface area contributed by atoms with Crippen LogP contribution in [0.5, 0.6) is 0 Å². The van der Waals surface area contributed by atoms with E-state index in [4.69, 9.17) is 9.47 Å². The molecule has 0 aliphatic carbocycles. The lowest BCUT2D eigenvalue weighted by Gasteiger charge is -2.18. The molecule has 0 spiro atoms. The standard InChI is InChI=1S/C13H21N3O3S/c1-18-12-2-3-15(10-12)11-8-13(17)16(14-9-11)4-5-19-6-7-20/h8-9,12,20H,2-7,10H2,1H3. The molecule has 2 heterocycles. The molecule has 2 rings (SSSR count). The Morgan fingerprint density at radius 2 is 2.35 bits per heavy atom. The van der Waals surface area contributed by atoms with Crippen LogP contribution in [0, 0.1) is 0 Å². The largest absolute Gasteiger partial charge is 0.380 e. The fraction of sp³-hybridized carbons (Fsp3) is 0.692. The molecular formula is C13H21N3O3S. The Labute approximate surface area is 124 Å². The molecule has 1 fully saturated rings.